The molecule has 0 radical (unpaired) electrons. The van der Waals surface area contributed by atoms with Gasteiger partial charge in [-0.3, -0.25) is 14.5 Å². The highest BCUT2D eigenvalue weighted by molar-refractivity contribution is 6.05. The minimum atomic E-state index is -0.781. The molecule has 37 heavy (non-hydrogen) atoms. The molecule has 1 amide bonds. The van der Waals surface area contributed by atoms with E-state index >= 15 is 0 Å². The van der Waals surface area contributed by atoms with Crippen LogP contribution in [0.25, 0.3) is 5.69 Å². The molecule has 2 aromatic carbocycles. The Morgan fingerprint density at radius 2 is 1.84 bits per heavy atom. The summed E-state index contributed by atoms with van der Waals surface area (Å²) < 4.78 is 14.8. The normalized spacial score (nSPS) is 13.5. The molecule has 194 valence electrons. The van der Waals surface area contributed by atoms with Gasteiger partial charge in [-0.1, -0.05) is 7.43 Å². The Labute approximate surface area is 215 Å². The van der Waals surface area contributed by atoms with Gasteiger partial charge in [0.15, 0.2) is 0 Å². The number of halogens is 1. The van der Waals surface area contributed by atoms with Crippen LogP contribution in [0, 0.1) is 24.1 Å². The van der Waals surface area contributed by atoms with Crippen LogP contribution in [0.5, 0.6) is 0 Å². The van der Waals surface area contributed by atoms with Crippen LogP contribution in [-0.2, 0) is 4.79 Å². The summed E-state index contributed by atoms with van der Waals surface area (Å²) >= 11 is 0. The summed E-state index contributed by atoms with van der Waals surface area (Å²) in [7, 11) is 0. The molecule has 0 unspecified atom stereocenters. The van der Waals surface area contributed by atoms with E-state index in [-0.39, 0.29) is 25.6 Å². The fourth-order valence-corrected chi connectivity index (χ4v) is 4.32. The molecule has 10 heteroatoms. The maximum atomic E-state index is 13.2. The summed E-state index contributed by atoms with van der Waals surface area (Å²) in [6.07, 6.45) is 2.25. The van der Waals surface area contributed by atoms with Gasteiger partial charge in [0, 0.05) is 38.3 Å². The lowest BCUT2D eigenvalue weighted by Crippen LogP contribution is -2.46. The zero-order valence-corrected chi connectivity index (χ0v) is 19.9. The molecule has 1 saturated heterocycles. The van der Waals surface area contributed by atoms with Gasteiger partial charge in [0.05, 0.1) is 34.4 Å². The number of carbonyl (C=O) groups excluding carboxylic acids is 1. The lowest BCUT2D eigenvalue weighted by Gasteiger charge is -2.36. The predicted molar refractivity (Wildman–Crippen MR) is 140 cm³/mol. The Bertz CT molecular complexity index is 1290. The number of carbonyl (C=O) groups is 2. The molecule has 2 N–H and O–H groups in total. The summed E-state index contributed by atoms with van der Waals surface area (Å²) in [6.45, 7) is 5.55. The molecule has 0 atom stereocenters. The van der Waals surface area contributed by atoms with Gasteiger partial charge in [0.1, 0.15) is 11.9 Å². The average Bonchev–Trinajstić information content (AvgIpc) is 3.26. The first-order chi connectivity index (χ1) is 17.4. The number of amides is 1. The number of rotatable bonds is 8. The van der Waals surface area contributed by atoms with Crippen molar-refractivity contribution in [1.29, 1.82) is 5.26 Å². The minimum Gasteiger partial charge on any atom is -0.481 e. The first-order valence-corrected chi connectivity index (χ1v) is 11.7. The Morgan fingerprint density at radius 3 is 2.49 bits per heavy atom. The van der Waals surface area contributed by atoms with E-state index in [1.54, 1.807) is 35.9 Å². The third-order valence-electron chi connectivity index (χ3n) is 6.28. The van der Waals surface area contributed by atoms with Crippen molar-refractivity contribution in [3.63, 3.8) is 0 Å². The van der Waals surface area contributed by atoms with E-state index in [0.717, 1.165) is 38.4 Å². The number of hydrogen-bond donors (Lipinski definition) is 2. The molecule has 2 heterocycles. The van der Waals surface area contributed by atoms with Crippen LogP contribution in [0.2, 0.25) is 0 Å². The summed E-state index contributed by atoms with van der Waals surface area (Å²) in [5, 5.41) is 25.6. The molecule has 1 aromatic heterocycles. The third kappa shape index (κ3) is 6.51. The van der Waals surface area contributed by atoms with E-state index in [1.165, 1.54) is 18.3 Å². The largest absolute Gasteiger partial charge is 0.481 e. The Kier molecular flexibility index (Phi) is 8.98. The first kappa shape index (κ1) is 27.4. The minimum absolute atomic E-state index is 0. The zero-order valence-electron chi connectivity index (χ0n) is 19.9. The third-order valence-corrected chi connectivity index (χ3v) is 6.28. The fraction of sp³-hybridized carbons (Fsp3) is 0.333. The summed E-state index contributed by atoms with van der Waals surface area (Å²) in [4.78, 5) is 28.0. The Morgan fingerprint density at radius 1 is 1.14 bits per heavy atom. The van der Waals surface area contributed by atoms with Gasteiger partial charge >= 0.3 is 5.97 Å². The molecular formula is C27H31FN6O3. The highest BCUT2D eigenvalue weighted by atomic mass is 19.1. The number of anilines is 2. The molecule has 3 aromatic rings. The molecule has 9 nitrogen and oxygen atoms in total. The number of aromatic nitrogens is 2. The van der Waals surface area contributed by atoms with Crippen molar-refractivity contribution in [3.8, 4) is 11.8 Å². The topological polar surface area (TPSA) is 114 Å². The zero-order chi connectivity index (χ0) is 25.7. The quantitative estimate of drug-likeness (QED) is 0.473. The smallest absolute Gasteiger partial charge is 0.303 e. The van der Waals surface area contributed by atoms with Gasteiger partial charge in [0.2, 0.25) is 0 Å². The second-order valence-corrected chi connectivity index (χ2v) is 8.66. The Hall–Kier alpha value is -4.23. The molecule has 1 aliphatic rings. The standard InChI is InChI=1S/C26H27FN6O3.CH4/c1-18-23(17-29-33(18)22-7-4-20(27)5-8-22)26(36)30-21-6-9-24(19(15-21)16-28)32-13-11-31(12-14-32)10-2-3-25(34)35;/h4-9,15,17H,2-3,10-14H2,1H3,(H,30,36)(H,34,35);1H4. The maximum absolute atomic E-state index is 13.2. The number of nitrogens with zero attached hydrogens (tertiary/aromatic N) is 5. The molecule has 4 rings (SSSR count). The van der Waals surface area contributed by atoms with Crippen LogP contribution >= 0.6 is 0 Å². The molecule has 0 saturated carbocycles. The molecule has 0 spiro atoms. The molecule has 1 aliphatic heterocycles. The highest BCUT2D eigenvalue weighted by Gasteiger charge is 2.21. The van der Waals surface area contributed by atoms with Crippen molar-refractivity contribution < 1.29 is 19.1 Å². The lowest BCUT2D eigenvalue weighted by atomic mass is 10.1. The number of carboxylic acid groups (broad SMARTS) is 1. The second kappa shape index (κ2) is 12.1. The number of hydrogen-bond acceptors (Lipinski definition) is 6. The number of nitriles is 1. The Balaban J connectivity index is 0.00000380. The lowest BCUT2D eigenvalue weighted by molar-refractivity contribution is -0.137. The van der Waals surface area contributed by atoms with Crippen LogP contribution < -0.4 is 10.2 Å². The van der Waals surface area contributed by atoms with Crippen molar-refractivity contribution >= 4 is 23.3 Å². The SMILES string of the molecule is C.Cc1c(C(=O)Nc2ccc(N3CCN(CCCC(=O)O)CC3)c(C#N)c2)cnn1-c1ccc(F)cc1. The van der Waals surface area contributed by atoms with Gasteiger partial charge in [-0.15, -0.1) is 0 Å². The van der Waals surface area contributed by atoms with Crippen molar-refractivity contribution in [1.82, 2.24) is 14.7 Å². The van der Waals surface area contributed by atoms with Gasteiger partial charge in [-0.25, -0.2) is 9.07 Å². The average molecular weight is 507 g/mol. The van der Waals surface area contributed by atoms with Gasteiger partial charge in [-0.05, 0) is 62.4 Å². The number of piperazine rings is 1. The number of aliphatic carboxylic acids is 1. The molecular weight excluding hydrogens is 475 g/mol. The fourth-order valence-electron chi connectivity index (χ4n) is 4.32. The predicted octanol–water partition coefficient (Wildman–Crippen LogP) is 4.07. The van der Waals surface area contributed by atoms with Crippen LogP contribution in [0.4, 0.5) is 15.8 Å². The van der Waals surface area contributed by atoms with E-state index in [2.05, 4.69) is 26.3 Å². The summed E-state index contributed by atoms with van der Waals surface area (Å²) in [5.74, 6) is -1.49. The van der Waals surface area contributed by atoms with Gasteiger partial charge < -0.3 is 15.3 Å². The maximum Gasteiger partial charge on any atom is 0.303 e. The monoisotopic (exact) mass is 506 g/mol. The van der Waals surface area contributed by atoms with Crippen molar-refractivity contribution in [2.45, 2.75) is 27.2 Å². The van der Waals surface area contributed by atoms with Crippen LogP contribution in [0.1, 0.15) is 41.9 Å². The molecule has 1 fully saturated rings. The van der Waals surface area contributed by atoms with Gasteiger partial charge in [0.25, 0.3) is 5.91 Å². The number of benzene rings is 2. The summed E-state index contributed by atoms with van der Waals surface area (Å²) in [5.41, 5.74) is 3.40. The summed E-state index contributed by atoms with van der Waals surface area (Å²) in [6, 6.07) is 13.3. The van der Waals surface area contributed by atoms with E-state index in [9.17, 15) is 19.2 Å². The molecule has 0 aliphatic carbocycles. The molecule has 0 bridgehead atoms. The first-order valence-electron chi connectivity index (χ1n) is 11.7. The number of nitrogens with one attached hydrogen (secondary N) is 1. The van der Waals surface area contributed by atoms with E-state index in [4.69, 9.17) is 5.11 Å². The van der Waals surface area contributed by atoms with Crippen LogP contribution in [-0.4, -0.2) is 64.4 Å². The van der Waals surface area contributed by atoms with Crippen molar-refractivity contribution in [2.75, 3.05) is 42.9 Å². The van der Waals surface area contributed by atoms with Crippen LogP contribution in [0.15, 0.2) is 48.7 Å². The van der Waals surface area contributed by atoms with Crippen molar-refractivity contribution in [3.05, 3.63) is 71.3 Å². The van der Waals surface area contributed by atoms with E-state index < -0.39 is 5.97 Å². The van der Waals surface area contributed by atoms with E-state index in [1.807, 2.05) is 6.07 Å². The van der Waals surface area contributed by atoms with E-state index in [0.29, 0.717) is 34.6 Å². The van der Waals surface area contributed by atoms with Crippen molar-refractivity contribution in [2.24, 2.45) is 0 Å². The second-order valence-electron chi connectivity index (χ2n) is 8.66. The van der Waals surface area contributed by atoms with Crippen LogP contribution in [0.3, 0.4) is 0 Å². The number of carboxylic acids is 1. The van der Waals surface area contributed by atoms with Gasteiger partial charge in [-0.2, -0.15) is 10.4 Å². The highest BCUT2D eigenvalue weighted by Crippen LogP contribution is 2.26.